The van der Waals surface area contributed by atoms with Crippen molar-refractivity contribution in [2.45, 2.75) is 18.5 Å². The van der Waals surface area contributed by atoms with Gasteiger partial charge >= 0.3 is 0 Å². The fourth-order valence-electron chi connectivity index (χ4n) is 2.81. The number of thiol groups is 1. The molecule has 1 unspecified atom stereocenters. The minimum atomic E-state index is -0.613. The molecule has 0 aliphatic heterocycles. The number of nitrogens with zero attached hydrogens (tertiary/aromatic N) is 1. The standard InChI is InChI=1S/C22H31N5O3S2/c1-24-21(29)18(10-11-32-2)26-20(28)13-30-22-19(25-12-16(23)14-31)9-8-17(27-22)15-6-4-3-5-7-15/h3-9,16,18,25,31H,10-14,23H2,1-2H3,(H,24,29)(H,26,28)/t16?,18-/m0/s1. The van der Waals surface area contributed by atoms with Crippen LogP contribution < -0.4 is 26.4 Å². The molecule has 0 spiro atoms. The van der Waals surface area contributed by atoms with Crippen LogP contribution in [0.2, 0.25) is 0 Å². The Morgan fingerprint density at radius 3 is 2.62 bits per heavy atom. The first kappa shape index (κ1) is 25.8. The maximum Gasteiger partial charge on any atom is 0.258 e. The average molecular weight is 478 g/mol. The molecule has 174 valence electrons. The van der Waals surface area contributed by atoms with Crippen LogP contribution in [0.5, 0.6) is 5.88 Å². The van der Waals surface area contributed by atoms with Crippen molar-refractivity contribution in [2.24, 2.45) is 5.73 Å². The van der Waals surface area contributed by atoms with E-state index < -0.39 is 11.9 Å². The second kappa shape index (κ2) is 13.9. The lowest BCUT2D eigenvalue weighted by Crippen LogP contribution is -2.47. The highest BCUT2D eigenvalue weighted by Gasteiger charge is 2.20. The van der Waals surface area contributed by atoms with Gasteiger partial charge in [0.15, 0.2) is 6.61 Å². The topological polar surface area (TPSA) is 118 Å². The summed E-state index contributed by atoms with van der Waals surface area (Å²) in [5, 5.41) is 8.51. The van der Waals surface area contributed by atoms with E-state index in [0.717, 1.165) is 11.3 Å². The highest BCUT2D eigenvalue weighted by molar-refractivity contribution is 7.98. The molecular formula is C22H31N5O3S2. The first-order valence-corrected chi connectivity index (χ1v) is 12.3. The van der Waals surface area contributed by atoms with E-state index in [0.29, 0.717) is 30.1 Å². The van der Waals surface area contributed by atoms with Gasteiger partial charge in [0.25, 0.3) is 5.91 Å². The number of benzene rings is 1. The van der Waals surface area contributed by atoms with Gasteiger partial charge in [0.1, 0.15) is 6.04 Å². The zero-order chi connectivity index (χ0) is 23.3. The quantitative estimate of drug-likeness (QED) is 0.279. The molecule has 0 saturated heterocycles. The maximum absolute atomic E-state index is 12.5. The number of amides is 2. The number of thioether (sulfide) groups is 1. The Kier molecular flexibility index (Phi) is 11.2. The molecule has 0 bridgehead atoms. The van der Waals surface area contributed by atoms with E-state index in [1.165, 1.54) is 0 Å². The zero-order valence-corrected chi connectivity index (χ0v) is 20.0. The molecule has 8 nitrogen and oxygen atoms in total. The van der Waals surface area contributed by atoms with E-state index in [9.17, 15) is 9.59 Å². The largest absolute Gasteiger partial charge is 0.466 e. The number of rotatable bonds is 13. The summed E-state index contributed by atoms with van der Waals surface area (Å²) in [7, 11) is 1.55. The van der Waals surface area contributed by atoms with Crippen LogP contribution in [0.1, 0.15) is 6.42 Å². The van der Waals surface area contributed by atoms with Crippen LogP contribution in [0, 0.1) is 0 Å². The Hall–Kier alpha value is -2.43. The van der Waals surface area contributed by atoms with E-state index >= 15 is 0 Å². The van der Waals surface area contributed by atoms with E-state index in [-0.39, 0.29) is 24.4 Å². The third-order valence-corrected chi connectivity index (χ3v) is 5.68. The van der Waals surface area contributed by atoms with E-state index in [1.807, 2.05) is 48.7 Å². The van der Waals surface area contributed by atoms with Crippen molar-refractivity contribution in [1.82, 2.24) is 15.6 Å². The number of hydrogen-bond donors (Lipinski definition) is 5. The maximum atomic E-state index is 12.5. The molecule has 1 aromatic heterocycles. The Morgan fingerprint density at radius 1 is 1.22 bits per heavy atom. The fraction of sp³-hybridized carbons (Fsp3) is 0.409. The number of aromatic nitrogens is 1. The molecule has 2 aromatic rings. The molecule has 2 atom stereocenters. The number of hydrogen-bond acceptors (Lipinski definition) is 8. The Bertz CT molecular complexity index is 870. The minimum Gasteiger partial charge on any atom is -0.466 e. The summed E-state index contributed by atoms with van der Waals surface area (Å²) in [5.74, 6) is 0.926. The summed E-state index contributed by atoms with van der Waals surface area (Å²) < 4.78 is 5.76. The minimum absolute atomic E-state index is 0.145. The van der Waals surface area contributed by atoms with Gasteiger partial charge in [-0.2, -0.15) is 24.4 Å². The molecule has 0 saturated carbocycles. The summed E-state index contributed by atoms with van der Waals surface area (Å²) in [4.78, 5) is 29.1. The van der Waals surface area contributed by atoms with E-state index in [2.05, 4.69) is 33.6 Å². The van der Waals surface area contributed by atoms with Crippen LogP contribution in [-0.2, 0) is 9.59 Å². The van der Waals surface area contributed by atoms with Gasteiger partial charge in [-0.3, -0.25) is 9.59 Å². The molecule has 0 aliphatic carbocycles. The Morgan fingerprint density at radius 2 is 1.97 bits per heavy atom. The van der Waals surface area contributed by atoms with Crippen LogP contribution in [0.25, 0.3) is 11.3 Å². The summed E-state index contributed by atoms with van der Waals surface area (Å²) in [5.41, 5.74) is 8.22. The fourth-order valence-corrected chi connectivity index (χ4v) is 3.41. The lowest BCUT2D eigenvalue weighted by atomic mass is 10.1. The number of ether oxygens (including phenoxy) is 1. The van der Waals surface area contributed by atoms with E-state index in [1.54, 1.807) is 18.8 Å². The van der Waals surface area contributed by atoms with Gasteiger partial charge < -0.3 is 26.4 Å². The smallest absolute Gasteiger partial charge is 0.258 e. The molecule has 1 heterocycles. The molecule has 2 amide bonds. The second-order valence-corrected chi connectivity index (χ2v) is 8.39. The number of carbonyl (C=O) groups is 2. The third-order valence-electron chi connectivity index (χ3n) is 4.57. The summed E-state index contributed by atoms with van der Waals surface area (Å²) in [6.07, 6.45) is 2.48. The number of anilines is 1. The van der Waals surface area contributed by atoms with Crippen LogP contribution in [0.15, 0.2) is 42.5 Å². The number of nitrogens with one attached hydrogen (secondary N) is 3. The molecular weight excluding hydrogens is 446 g/mol. The highest BCUT2D eigenvalue weighted by Crippen LogP contribution is 2.27. The predicted octanol–water partition coefficient (Wildman–Crippen LogP) is 1.78. The first-order chi connectivity index (χ1) is 15.5. The normalized spacial score (nSPS) is 12.5. The first-order valence-electron chi connectivity index (χ1n) is 10.3. The SMILES string of the molecule is CNC(=O)[C@H](CCSC)NC(=O)COc1nc(-c2ccccc2)ccc1NCC(N)CS. The molecule has 10 heteroatoms. The van der Waals surface area contributed by atoms with Gasteiger partial charge in [0.2, 0.25) is 11.8 Å². The van der Waals surface area contributed by atoms with Crippen molar-refractivity contribution in [2.75, 3.05) is 43.3 Å². The number of carbonyl (C=O) groups excluding carboxylic acids is 2. The molecule has 0 radical (unpaired) electrons. The number of nitrogens with two attached hydrogens (primary N) is 1. The van der Waals surface area contributed by atoms with E-state index in [4.69, 9.17) is 10.5 Å². The van der Waals surface area contributed by atoms with Crippen molar-refractivity contribution >= 4 is 41.9 Å². The number of pyridine rings is 1. The molecule has 1 aromatic carbocycles. The van der Waals surface area contributed by atoms with Crippen LogP contribution in [0.3, 0.4) is 0 Å². The van der Waals surface area contributed by atoms with Crippen molar-refractivity contribution in [3.63, 3.8) is 0 Å². The predicted molar refractivity (Wildman–Crippen MR) is 134 cm³/mol. The van der Waals surface area contributed by atoms with Crippen molar-refractivity contribution < 1.29 is 14.3 Å². The van der Waals surface area contributed by atoms with Gasteiger partial charge in [-0.15, -0.1) is 0 Å². The monoisotopic (exact) mass is 477 g/mol. The molecule has 0 aliphatic rings. The van der Waals surface area contributed by atoms with Crippen molar-refractivity contribution in [3.8, 4) is 17.1 Å². The molecule has 5 N–H and O–H groups in total. The van der Waals surface area contributed by atoms with Crippen molar-refractivity contribution in [3.05, 3.63) is 42.5 Å². The van der Waals surface area contributed by atoms with Crippen LogP contribution >= 0.6 is 24.4 Å². The Balaban J connectivity index is 2.13. The van der Waals surface area contributed by atoms with Gasteiger partial charge in [-0.1, -0.05) is 30.3 Å². The summed E-state index contributed by atoms with van der Waals surface area (Å²) >= 11 is 5.81. The van der Waals surface area contributed by atoms with Gasteiger partial charge in [-0.25, -0.2) is 4.98 Å². The number of likely N-dealkylation sites (N-methyl/N-ethyl adjacent to an activating group) is 1. The zero-order valence-electron chi connectivity index (χ0n) is 18.3. The Labute approximate surface area is 198 Å². The molecule has 2 rings (SSSR count). The highest BCUT2D eigenvalue weighted by atomic mass is 32.2. The molecule has 32 heavy (non-hydrogen) atoms. The van der Waals surface area contributed by atoms with Gasteiger partial charge in [-0.05, 0) is 30.6 Å². The summed E-state index contributed by atoms with van der Waals surface area (Å²) in [6.45, 7) is 0.206. The van der Waals surface area contributed by atoms with Crippen molar-refractivity contribution in [1.29, 1.82) is 0 Å². The second-order valence-electron chi connectivity index (χ2n) is 7.04. The van der Waals surface area contributed by atoms with Crippen LogP contribution in [-0.4, -0.2) is 66.8 Å². The lowest BCUT2D eigenvalue weighted by molar-refractivity contribution is -0.129. The lowest BCUT2D eigenvalue weighted by Gasteiger charge is -2.18. The van der Waals surface area contributed by atoms with Gasteiger partial charge in [0.05, 0.1) is 11.4 Å². The third kappa shape index (κ3) is 8.25. The average Bonchev–Trinajstić information content (AvgIpc) is 2.83. The van der Waals surface area contributed by atoms with Crippen LogP contribution in [0.4, 0.5) is 5.69 Å². The summed E-state index contributed by atoms with van der Waals surface area (Å²) in [6, 6.07) is 12.6. The molecule has 0 fully saturated rings. The van der Waals surface area contributed by atoms with Gasteiger partial charge in [0, 0.05) is 31.0 Å².